The van der Waals surface area contributed by atoms with Gasteiger partial charge in [-0.05, 0) is 38.7 Å². The normalized spacial score (nSPS) is 15.9. The van der Waals surface area contributed by atoms with E-state index < -0.39 is 0 Å². The third-order valence-corrected chi connectivity index (χ3v) is 3.43. The Morgan fingerprint density at radius 2 is 2.25 bits per heavy atom. The topological polar surface area (TPSA) is 57.8 Å². The van der Waals surface area contributed by atoms with Crippen LogP contribution in [-0.2, 0) is 11.2 Å². The molecule has 0 radical (unpaired) electrons. The fourth-order valence-corrected chi connectivity index (χ4v) is 2.07. The zero-order valence-electron chi connectivity index (χ0n) is 9.97. The second-order valence-corrected chi connectivity index (χ2v) is 4.58. The minimum absolute atomic E-state index is 0.227. The lowest BCUT2D eigenvalue weighted by Crippen LogP contribution is -2.35. The van der Waals surface area contributed by atoms with E-state index in [4.69, 9.17) is 0 Å². The van der Waals surface area contributed by atoms with Gasteiger partial charge in [-0.3, -0.25) is 9.89 Å². The van der Waals surface area contributed by atoms with E-state index in [2.05, 4.69) is 15.5 Å². The molecule has 88 valence electrons. The molecular formula is C12H19N3O. The molecule has 0 saturated heterocycles. The molecule has 1 aliphatic rings. The molecule has 16 heavy (non-hydrogen) atoms. The number of aryl methyl sites for hydroxylation is 2. The SMILES string of the molecule is Cc1n[nH]c(C)c1CCNC(=O)C1CCC1. The zero-order valence-corrected chi connectivity index (χ0v) is 9.97. The Kier molecular flexibility index (Phi) is 3.27. The number of nitrogens with one attached hydrogen (secondary N) is 2. The molecule has 0 aliphatic heterocycles. The smallest absolute Gasteiger partial charge is 0.223 e. The van der Waals surface area contributed by atoms with Crippen molar-refractivity contribution in [1.82, 2.24) is 15.5 Å². The first-order valence-electron chi connectivity index (χ1n) is 5.96. The number of amides is 1. The van der Waals surface area contributed by atoms with Crippen LogP contribution in [0.5, 0.6) is 0 Å². The van der Waals surface area contributed by atoms with Crippen molar-refractivity contribution in [3.63, 3.8) is 0 Å². The van der Waals surface area contributed by atoms with Crippen molar-refractivity contribution in [3.05, 3.63) is 17.0 Å². The van der Waals surface area contributed by atoms with Gasteiger partial charge in [0.25, 0.3) is 0 Å². The van der Waals surface area contributed by atoms with Crippen LogP contribution < -0.4 is 5.32 Å². The largest absolute Gasteiger partial charge is 0.356 e. The highest BCUT2D eigenvalue weighted by atomic mass is 16.1. The van der Waals surface area contributed by atoms with Gasteiger partial charge in [-0.15, -0.1) is 0 Å². The lowest BCUT2D eigenvalue weighted by molar-refractivity contribution is -0.127. The summed E-state index contributed by atoms with van der Waals surface area (Å²) in [7, 11) is 0. The Morgan fingerprint density at radius 3 is 2.75 bits per heavy atom. The summed E-state index contributed by atoms with van der Waals surface area (Å²) in [6.07, 6.45) is 4.20. The monoisotopic (exact) mass is 221 g/mol. The van der Waals surface area contributed by atoms with Gasteiger partial charge in [0, 0.05) is 18.2 Å². The number of rotatable bonds is 4. The molecule has 4 nitrogen and oxygen atoms in total. The summed E-state index contributed by atoms with van der Waals surface area (Å²) < 4.78 is 0. The third kappa shape index (κ3) is 2.26. The van der Waals surface area contributed by atoms with Crippen LogP contribution in [0.1, 0.15) is 36.2 Å². The average molecular weight is 221 g/mol. The summed E-state index contributed by atoms with van der Waals surface area (Å²) in [6.45, 7) is 4.73. The lowest BCUT2D eigenvalue weighted by atomic mass is 9.85. The first kappa shape index (κ1) is 11.2. The van der Waals surface area contributed by atoms with Crippen LogP contribution in [0.25, 0.3) is 0 Å². The summed E-state index contributed by atoms with van der Waals surface area (Å²) in [5.41, 5.74) is 3.37. The maximum absolute atomic E-state index is 11.6. The highest BCUT2D eigenvalue weighted by Crippen LogP contribution is 2.26. The van der Waals surface area contributed by atoms with Gasteiger partial charge in [0.1, 0.15) is 0 Å². The summed E-state index contributed by atoms with van der Waals surface area (Å²) in [5, 5.41) is 10.1. The summed E-state index contributed by atoms with van der Waals surface area (Å²) >= 11 is 0. The quantitative estimate of drug-likeness (QED) is 0.809. The van der Waals surface area contributed by atoms with Gasteiger partial charge >= 0.3 is 0 Å². The van der Waals surface area contributed by atoms with Crippen molar-refractivity contribution < 1.29 is 4.79 Å². The number of hydrogen-bond acceptors (Lipinski definition) is 2. The lowest BCUT2D eigenvalue weighted by Gasteiger charge is -2.24. The van der Waals surface area contributed by atoms with Gasteiger partial charge in [-0.1, -0.05) is 6.42 Å². The molecule has 0 unspecified atom stereocenters. The second kappa shape index (κ2) is 4.68. The number of aromatic nitrogens is 2. The molecule has 4 heteroatoms. The molecule has 0 spiro atoms. The highest BCUT2D eigenvalue weighted by Gasteiger charge is 2.24. The van der Waals surface area contributed by atoms with Gasteiger partial charge in [0.05, 0.1) is 5.69 Å². The van der Waals surface area contributed by atoms with Crippen molar-refractivity contribution >= 4 is 5.91 Å². The minimum Gasteiger partial charge on any atom is -0.356 e. The zero-order chi connectivity index (χ0) is 11.5. The van der Waals surface area contributed by atoms with Crippen LogP contribution in [0.4, 0.5) is 0 Å². The maximum atomic E-state index is 11.6. The molecule has 2 rings (SSSR count). The number of carbonyl (C=O) groups excluding carboxylic acids is 1. The minimum atomic E-state index is 0.227. The van der Waals surface area contributed by atoms with Crippen molar-refractivity contribution in [2.75, 3.05) is 6.54 Å². The highest BCUT2D eigenvalue weighted by molar-refractivity contribution is 5.79. The number of hydrogen-bond donors (Lipinski definition) is 2. The molecule has 1 heterocycles. The van der Waals surface area contributed by atoms with E-state index in [1.807, 2.05) is 13.8 Å². The van der Waals surface area contributed by atoms with E-state index in [-0.39, 0.29) is 11.8 Å². The average Bonchev–Trinajstić information content (AvgIpc) is 2.46. The number of H-pyrrole nitrogens is 1. The standard InChI is InChI=1S/C12H19N3O/c1-8-11(9(2)15-14-8)6-7-13-12(16)10-4-3-5-10/h10H,3-7H2,1-2H3,(H,13,16)(H,14,15). The van der Waals surface area contributed by atoms with Crippen molar-refractivity contribution in [2.45, 2.75) is 39.5 Å². The van der Waals surface area contributed by atoms with E-state index in [0.717, 1.165) is 37.2 Å². The van der Waals surface area contributed by atoms with Crippen LogP contribution in [0.3, 0.4) is 0 Å². The number of nitrogens with zero attached hydrogens (tertiary/aromatic N) is 1. The molecule has 1 amide bonds. The molecule has 1 fully saturated rings. The molecule has 1 saturated carbocycles. The molecule has 1 aromatic heterocycles. The van der Waals surface area contributed by atoms with E-state index in [1.165, 1.54) is 12.0 Å². The molecule has 1 aromatic rings. The van der Waals surface area contributed by atoms with Gasteiger partial charge in [0.2, 0.25) is 5.91 Å². The fraction of sp³-hybridized carbons (Fsp3) is 0.667. The molecule has 0 aromatic carbocycles. The summed E-state index contributed by atoms with van der Waals surface area (Å²) in [4.78, 5) is 11.6. The van der Waals surface area contributed by atoms with Crippen molar-refractivity contribution in [2.24, 2.45) is 5.92 Å². The van der Waals surface area contributed by atoms with Gasteiger partial charge in [0.15, 0.2) is 0 Å². The van der Waals surface area contributed by atoms with Crippen LogP contribution in [-0.4, -0.2) is 22.6 Å². The fourth-order valence-electron chi connectivity index (χ4n) is 2.07. The summed E-state index contributed by atoms with van der Waals surface area (Å²) in [5.74, 6) is 0.511. The van der Waals surface area contributed by atoms with Crippen molar-refractivity contribution in [3.8, 4) is 0 Å². The maximum Gasteiger partial charge on any atom is 0.223 e. The first-order valence-corrected chi connectivity index (χ1v) is 5.96. The van der Waals surface area contributed by atoms with Crippen LogP contribution in [0, 0.1) is 19.8 Å². The second-order valence-electron chi connectivity index (χ2n) is 4.58. The Morgan fingerprint density at radius 1 is 1.50 bits per heavy atom. The Labute approximate surface area is 95.8 Å². The van der Waals surface area contributed by atoms with Gasteiger partial charge < -0.3 is 5.32 Å². The number of aromatic amines is 1. The predicted molar refractivity (Wildman–Crippen MR) is 62.1 cm³/mol. The van der Waals surface area contributed by atoms with Crippen LogP contribution in [0.15, 0.2) is 0 Å². The molecule has 0 bridgehead atoms. The Bertz CT molecular complexity index is 360. The molecular weight excluding hydrogens is 202 g/mol. The Balaban J connectivity index is 1.77. The summed E-state index contributed by atoms with van der Waals surface area (Å²) in [6, 6.07) is 0. The van der Waals surface area contributed by atoms with E-state index in [1.54, 1.807) is 0 Å². The predicted octanol–water partition coefficient (Wildman–Crippen LogP) is 1.49. The van der Waals surface area contributed by atoms with Gasteiger partial charge in [-0.25, -0.2) is 0 Å². The van der Waals surface area contributed by atoms with Crippen LogP contribution >= 0.6 is 0 Å². The Hall–Kier alpha value is -1.32. The number of carbonyl (C=O) groups is 1. The van der Waals surface area contributed by atoms with Crippen molar-refractivity contribution in [1.29, 1.82) is 0 Å². The van der Waals surface area contributed by atoms with Gasteiger partial charge in [-0.2, -0.15) is 5.10 Å². The van der Waals surface area contributed by atoms with E-state index >= 15 is 0 Å². The molecule has 1 aliphatic carbocycles. The van der Waals surface area contributed by atoms with Crippen LogP contribution in [0.2, 0.25) is 0 Å². The first-order chi connectivity index (χ1) is 7.68. The van der Waals surface area contributed by atoms with E-state index in [9.17, 15) is 4.79 Å². The molecule has 2 N–H and O–H groups in total. The molecule has 0 atom stereocenters. The van der Waals surface area contributed by atoms with E-state index in [0.29, 0.717) is 0 Å². The third-order valence-electron chi connectivity index (χ3n) is 3.43.